The monoisotopic (exact) mass is 285 g/mol. The van der Waals surface area contributed by atoms with Crippen LogP contribution in [0.3, 0.4) is 0 Å². The Kier molecular flexibility index (Phi) is 5.64. The number of hydrogen-bond donors (Lipinski definition) is 1. The molecule has 0 fully saturated rings. The molecule has 0 aromatic heterocycles. The Morgan fingerprint density at radius 3 is 2.29 bits per heavy atom. The number of amides is 1. The first-order valence-corrected chi connectivity index (χ1v) is 6.98. The Hall–Kier alpha value is -2.49. The predicted molar refractivity (Wildman–Crippen MR) is 81.9 cm³/mol. The number of ether oxygens (including phenoxy) is 2. The lowest BCUT2D eigenvalue weighted by molar-refractivity contribution is 0.0947. The Bertz CT molecular complexity index is 552. The highest BCUT2D eigenvalue weighted by atomic mass is 16.5. The van der Waals surface area contributed by atoms with Crippen molar-refractivity contribution < 1.29 is 14.3 Å². The molecule has 4 nitrogen and oxygen atoms in total. The summed E-state index contributed by atoms with van der Waals surface area (Å²) in [6.45, 7) is 3.43. The predicted octanol–water partition coefficient (Wildman–Crippen LogP) is 2.89. The molecular formula is C17H19NO3. The van der Waals surface area contributed by atoms with Crippen LogP contribution in [0.15, 0.2) is 54.6 Å². The van der Waals surface area contributed by atoms with E-state index in [2.05, 4.69) is 5.32 Å². The molecular weight excluding hydrogens is 266 g/mol. The van der Waals surface area contributed by atoms with Crippen LogP contribution in [0.5, 0.6) is 11.5 Å². The lowest BCUT2D eigenvalue weighted by atomic mass is 10.2. The topological polar surface area (TPSA) is 47.6 Å². The summed E-state index contributed by atoms with van der Waals surface area (Å²) < 4.78 is 10.8. The lowest BCUT2D eigenvalue weighted by Crippen LogP contribution is -2.28. The fourth-order valence-corrected chi connectivity index (χ4v) is 1.82. The molecule has 0 atom stereocenters. The van der Waals surface area contributed by atoms with Crippen LogP contribution in [0.25, 0.3) is 0 Å². The normalized spacial score (nSPS) is 9.95. The molecule has 0 radical (unpaired) electrons. The van der Waals surface area contributed by atoms with Crippen LogP contribution in [0.2, 0.25) is 0 Å². The summed E-state index contributed by atoms with van der Waals surface area (Å²) >= 11 is 0. The van der Waals surface area contributed by atoms with Gasteiger partial charge in [-0.2, -0.15) is 0 Å². The van der Waals surface area contributed by atoms with Crippen molar-refractivity contribution in [3.63, 3.8) is 0 Å². The molecule has 0 bridgehead atoms. The fourth-order valence-electron chi connectivity index (χ4n) is 1.82. The summed E-state index contributed by atoms with van der Waals surface area (Å²) in [7, 11) is 0. The molecule has 1 amide bonds. The van der Waals surface area contributed by atoms with E-state index in [0.717, 1.165) is 11.5 Å². The third-order valence-electron chi connectivity index (χ3n) is 2.83. The first kappa shape index (κ1) is 14.9. The summed E-state index contributed by atoms with van der Waals surface area (Å²) in [5.74, 6) is 1.45. The largest absolute Gasteiger partial charge is 0.494 e. The van der Waals surface area contributed by atoms with Crippen LogP contribution in [-0.2, 0) is 0 Å². The van der Waals surface area contributed by atoms with E-state index in [1.807, 2.05) is 37.3 Å². The molecule has 2 aromatic carbocycles. The summed E-state index contributed by atoms with van der Waals surface area (Å²) in [6, 6.07) is 16.6. The number of carbonyl (C=O) groups is 1. The molecule has 0 aliphatic heterocycles. The fraction of sp³-hybridized carbons (Fsp3) is 0.235. The van der Waals surface area contributed by atoms with Crippen LogP contribution in [0.1, 0.15) is 17.3 Å². The van der Waals surface area contributed by atoms with Crippen LogP contribution in [0, 0.1) is 0 Å². The Morgan fingerprint density at radius 1 is 0.952 bits per heavy atom. The smallest absolute Gasteiger partial charge is 0.251 e. The molecule has 0 aliphatic carbocycles. The van der Waals surface area contributed by atoms with E-state index in [-0.39, 0.29) is 5.91 Å². The van der Waals surface area contributed by atoms with Crippen LogP contribution >= 0.6 is 0 Å². The van der Waals surface area contributed by atoms with E-state index < -0.39 is 0 Å². The summed E-state index contributed by atoms with van der Waals surface area (Å²) in [5, 5.41) is 2.82. The Morgan fingerprint density at radius 2 is 1.62 bits per heavy atom. The highest BCUT2D eigenvalue weighted by molar-refractivity contribution is 5.94. The number of nitrogens with one attached hydrogen (secondary N) is 1. The van der Waals surface area contributed by atoms with Crippen LogP contribution in [-0.4, -0.2) is 25.7 Å². The van der Waals surface area contributed by atoms with Gasteiger partial charge in [0, 0.05) is 5.56 Å². The molecule has 1 N–H and O–H groups in total. The highest BCUT2D eigenvalue weighted by Gasteiger charge is 2.04. The second kappa shape index (κ2) is 7.94. The minimum absolute atomic E-state index is 0.116. The van der Waals surface area contributed by atoms with Crippen molar-refractivity contribution in [3.05, 3.63) is 60.2 Å². The molecule has 0 saturated carbocycles. The van der Waals surface area contributed by atoms with E-state index in [9.17, 15) is 4.79 Å². The van der Waals surface area contributed by atoms with Gasteiger partial charge in [-0.15, -0.1) is 0 Å². The molecule has 2 aromatic rings. The van der Waals surface area contributed by atoms with Crippen molar-refractivity contribution in [1.29, 1.82) is 0 Å². The molecule has 0 unspecified atom stereocenters. The first-order valence-electron chi connectivity index (χ1n) is 6.98. The standard InChI is InChI=1S/C17H19NO3/c1-2-20-16-10-8-14(9-11-16)17(19)18-12-13-21-15-6-4-3-5-7-15/h3-11H,2,12-13H2,1H3,(H,18,19). The number of para-hydroxylation sites is 1. The zero-order chi connectivity index (χ0) is 14.9. The molecule has 4 heteroatoms. The molecule has 110 valence electrons. The third-order valence-corrected chi connectivity index (χ3v) is 2.83. The van der Waals surface area contributed by atoms with Gasteiger partial charge in [-0.25, -0.2) is 0 Å². The molecule has 0 saturated heterocycles. The van der Waals surface area contributed by atoms with E-state index >= 15 is 0 Å². The van der Waals surface area contributed by atoms with Gasteiger partial charge in [0.25, 0.3) is 5.91 Å². The Labute approximate surface area is 124 Å². The maximum absolute atomic E-state index is 11.9. The van der Waals surface area contributed by atoms with E-state index in [4.69, 9.17) is 9.47 Å². The van der Waals surface area contributed by atoms with Crippen LogP contribution in [0.4, 0.5) is 0 Å². The van der Waals surface area contributed by atoms with E-state index in [1.54, 1.807) is 24.3 Å². The lowest BCUT2D eigenvalue weighted by Gasteiger charge is -2.08. The van der Waals surface area contributed by atoms with Gasteiger partial charge in [-0.1, -0.05) is 18.2 Å². The molecule has 21 heavy (non-hydrogen) atoms. The summed E-state index contributed by atoms with van der Waals surface area (Å²) in [4.78, 5) is 11.9. The van der Waals surface area contributed by atoms with Crippen LogP contribution < -0.4 is 14.8 Å². The van der Waals surface area contributed by atoms with Crippen molar-refractivity contribution in [2.75, 3.05) is 19.8 Å². The van der Waals surface area contributed by atoms with Gasteiger partial charge in [-0.05, 0) is 43.3 Å². The first-order chi connectivity index (χ1) is 10.3. The molecule has 0 spiro atoms. The van der Waals surface area contributed by atoms with Gasteiger partial charge in [-0.3, -0.25) is 4.79 Å². The maximum Gasteiger partial charge on any atom is 0.251 e. The quantitative estimate of drug-likeness (QED) is 0.796. The minimum Gasteiger partial charge on any atom is -0.494 e. The Balaban J connectivity index is 1.74. The van der Waals surface area contributed by atoms with E-state index in [0.29, 0.717) is 25.3 Å². The number of carbonyl (C=O) groups excluding carboxylic acids is 1. The molecule has 0 heterocycles. The van der Waals surface area contributed by atoms with Gasteiger partial charge >= 0.3 is 0 Å². The highest BCUT2D eigenvalue weighted by Crippen LogP contribution is 2.12. The van der Waals surface area contributed by atoms with Crippen molar-refractivity contribution >= 4 is 5.91 Å². The number of benzene rings is 2. The summed E-state index contributed by atoms with van der Waals surface area (Å²) in [5.41, 5.74) is 0.609. The average Bonchev–Trinajstić information content (AvgIpc) is 2.53. The third kappa shape index (κ3) is 4.84. The van der Waals surface area contributed by atoms with Crippen molar-refractivity contribution in [1.82, 2.24) is 5.32 Å². The van der Waals surface area contributed by atoms with Crippen molar-refractivity contribution in [2.24, 2.45) is 0 Å². The zero-order valence-electron chi connectivity index (χ0n) is 12.0. The second-order valence-corrected chi connectivity index (χ2v) is 4.37. The maximum atomic E-state index is 11.9. The average molecular weight is 285 g/mol. The molecule has 2 rings (SSSR count). The van der Waals surface area contributed by atoms with Gasteiger partial charge in [0.15, 0.2) is 0 Å². The van der Waals surface area contributed by atoms with Crippen molar-refractivity contribution in [2.45, 2.75) is 6.92 Å². The van der Waals surface area contributed by atoms with E-state index in [1.165, 1.54) is 0 Å². The number of hydrogen-bond acceptors (Lipinski definition) is 3. The summed E-state index contributed by atoms with van der Waals surface area (Å²) in [6.07, 6.45) is 0. The SMILES string of the molecule is CCOc1ccc(C(=O)NCCOc2ccccc2)cc1. The zero-order valence-corrected chi connectivity index (χ0v) is 12.0. The van der Waals surface area contributed by atoms with Gasteiger partial charge in [0.05, 0.1) is 13.2 Å². The number of rotatable bonds is 7. The van der Waals surface area contributed by atoms with Gasteiger partial charge in [0.1, 0.15) is 18.1 Å². The van der Waals surface area contributed by atoms with Gasteiger partial charge < -0.3 is 14.8 Å². The van der Waals surface area contributed by atoms with Crippen molar-refractivity contribution in [3.8, 4) is 11.5 Å². The molecule has 0 aliphatic rings. The van der Waals surface area contributed by atoms with Gasteiger partial charge in [0.2, 0.25) is 0 Å². The minimum atomic E-state index is -0.116. The second-order valence-electron chi connectivity index (χ2n) is 4.37.